The van der Waals surface area contributed by atoms with Crippen molar-refractivity contribution in [2.24, 2.45) is 0 Å². The molecule has 0 aromatic carbocycles. The Balaban J connectivity index is 1.37. The minimum Gasteiger partial charge on any atom is -0.444 e. The van der Waals surface area contributed by atoms with E-state index in [0.717, 1.165) is 32.0 Å². The van der Waals surface area contributed by atoms with E-state index < -0.39 is 5.60 Å². The number of carbonyl (C=O) groups is 2. The van der Waals surface area contributed by atoms with Gasteiger partial charge < -0.3 is 18.9 Å². The topological polar surface area (TPSA) is 73.7 Å². The third kappa shape index (κ3) is 4.60. The zero-order chi connectivity index (χ0) is 18.0. The lowest BCUT2D eigenvalue weighted by Gasteiger charge is -2.40. The molecule has 2 fully saturated rings. The smallest absolute Gasteiger partial charge is 0.410 e. The molecule has 2 aliphatic rings. The van der Waals surface area contributed by atoms with Crippen LogP contribution in [0, 0.1) is 0 Å². The van der Waals surface area contributed by atoms with Crippen LogP contribution >= 0.6 is 0 Å². The molecule has 0 unspecified atom stereocenters. The Kier molecular flexibility index (Phi) is 5.13. The predicted octanol–water partition coefficient (Wildman–Crippen LogP) is 2.82. The Labute approximate surface area is 148 Å². The molecule has 1 aliphatic carbocycles. The summed E-state index contributed by atoms with van der Waals surface area (Å²) in [5.74, 6) is 0. The molecular weight excluding hydrogens is 322 g/mol. The normalized spacial score (nSPS) is 24.7. The second kappa shape index (κ2) is 7.15. The summed E-state index contributed by atoms with van der Waals surface area (Å²) in [6.45, 7) is 7.00. The van der Waals surface area contributed by atoms with Gasteiger partial charge in [-0.3, -0.25) is 4.79 Å². The summed E-state index contributed by atoms with van der Waals surface area (Å²) in [6, 6.07) is 0.369. The lowest BCUT2D eigenvalue weighted by atomic mass is 9.88. The molecule has 3 rings (SSSR count). The van der Waals surface area contributed by atoms with Crippen LogP contribution in [-0.2, 0) is 9.47 Å². The lowest BCUT2D eigenvalue weighted by Crippen LogP contribution is -2.45. The molecule has 2 heterocycles. The number of amides is 1. The fourth-order valence-corrected chi connectivity index (χ4v) is 3.28. The number of likely N-dealkylation sites (tertiary alicyclic amines) is 1. The lowest BCUT2D eigenvalue weighted by molar-refractivity contribution is -0.0903. The second-order valence-electron chi connectivity index (χ2n) is 7.91. The largest absolute Gasteiger partial charge is 0.444 e. The van der Waals surface area contributed by atoms with Crippen molar-refractivity contribution in [2.75, 3.05) is 13.1 Å². The highest BCUT2D eigenvalue weighted by Crippen LogP contribution is 2.36. The van der Waals surface area contributed by atoms with Gasteiger partial charge in [-0.15, -0.1) is 0 Å². The van der Waals surface area contributed by atoms with E-state index in [1.807, 2.05) is 25.3 Å². The Morgan fingerprint density at radius 3 is 2.48 bits per heavy atom. The quantitative estimate of drug-likeness (QED) is 0.782. The van der Waals surface area contributed by atoms with Crippen LogP contribution in [0.2, 0.25) is 0 Å². The standard InChI is InChI=1S/C18H27N3O4/c1-18(2,3)25-17(23)20-6-4-15(5-7-20)24-16-8-14(9-16)21-10-13(11-22)19-12-21/h10-12,14-16H,4-9H2,1-3H3/t14-,16-. The molecule has 0 radical (unpaired) electrons. The third-order valence-electron chi connectivity index (χ3n) is 4.71. The molecule has 1 amide bonds. The second-order valence-corrected chi connectivity index (χ2v) is 7.91. The number of hydrogen-bond acceptors (Lipinski definition) is 5. The van der Waals surface area contributed by atoms with Crippen molar-refractivity contribution >= 4 is 12.4 Å². The van der Waals surface area contributed by atoms with Crippen LogP contribution in [-0.4, -0.2) is 57.7 Å². The highest BCUT2D eigenvalue weighted by molar-refractivity contribution is 5.71. The zero-order valence-corrected chi connectivity index (χ0v) is 15.2. The summed E-state index contributed by atoms with van der Waals surface area (Å²) in [6.07, 6.45) is 8.08. The molecule has 1 saturated carbocycles. The first-order chi connectivity index (χ1) is 11.8. The summed E-state index contributed by atoms with van der Waals surface area (Å²) in [4.78, 5) is 28.6. The molecule has 1 aromatic rings. The minimum atomic E-state index is -0.456. The fraction of sp³-hybridized carbons (Fsp3) is 0.722. The summed E-state index contributed by atoms with van der Waals surface area (Å²) >= 11 is 0. The molecule has 0 atom stereocenters. The van der Waals surface area contributed by atoms with Gasteiger partial charge in [0.2, 0.25) is 0 Å². The highest BCUT2D eigenvalue weighted by Gasteiger charge is 2.35. The summed E-state index contributed by atoms with van der Waals surface area (Å²) < 4.78 is 13.6. The Morgan fingerprint density at radius 2 is 1.92 bits per heavy atom. The van der Waals surface area contributed by atoms with E-state index in [-0.39, 0.29) is 18.3 Å². The van der Waals surface area contributed by atoms with Crippen molar-refractivity contribution in [2.45, 2.75) is 70.3 Å². The number of piperidine rings is 1. The van der Waals surface area contributed by atoms with Crippen molar-refractivity contribution in [1.29, 1.82) is 0 Å². The summed E-state index contributed by atoms with van der Waals surface area (Å²) in [7, 11) is 0. The maximum absolute atomic E-state index is 12.1. The third-order valence-corrected chi connectivity index (χ3v) is 4.71. The number of aromatic nitrogens is 2. The molecule has 138 valence electrons. The van der Waals surface area contributed by atoms with E-state index in [1.54, 1.807) is 17.4 Å². The van der Waals surface area contributed by atoms with Gasteiger partial charge in [0.15, 0.2) is 6.29 Å². The van der Waals surface area contributed by atoms with Crippen LogP contribution in [0.4, 0.5) is 4.79 Å². The number of imidazole rings is 1. The first-order valence-corrected chi connectivity index (χ1v) is 8.96. The molecule has 7 heteroatoms. The van der Waals surface area contributed by atoms with Gasteiger partial charge in [0.25, 0.3) is 0 Å². The van der Waals surface area contributed by atoms with E-state index in [4.69, 9.17) is 9.47 Å². The van der Waals surface area contributed by atoms with Crippen LogP contribution in [0.1, 0.15) is 63.0 Å². The van der Waals surface area contributed by atoms with Crippen LogP contribution in [0.15, 0.2) is 12.5 Å². The first-order valence-electron chi connectivity index (χ1n) is 8.96. The molecule has 7 nitrogen and oxygen atoms in total. The molecule has 0 bridgehead atoms. The summed E-state index contributed by atoms with van der Waals surface area (Å²) in [5.41, 5.74) is 0.0152. The molecule has 0 N–H and O–H groups in total. The van der Waals surface area contributed by atoms with E-state index in [2.05, 4.69) is 4.98 Å². The number of ether oxygens (including phenoxy) is 2. The van der Waals surface area contributed by atoms with Crippen molar-refractivity contribution < 1.29 is 19.1 Å². The molecule has 25 heavy (non-hydrogen) atoms. The monoisotopic (exact) mass is 349 g/mol. The van der Waals surface area contributed by atoms with Gasteiger partial charge in [-0.1, -0.05) is 0 Å². The van der Waals surface area contributed by atoms with E-state index >= 15 is 0 Å². The number of aldehydes is 1. The van der Waals surface area contributed by atoms with Crippen LogP contribution in [0.3, 0.4) is 0 Å². The van der Waals surface area contributed by atoms with Crippen molar-refractivity contribution in [1.82, 2.24) is 14.5 Å². The predicted molar refractivity (Wildman–Crippen MR) is 91.6 cm³/mol. The van der Waals surface area contributed by atoms with Crippen molar-refractivity contribution in [3.05, 3.63) is 18.2 Å². The first kappa shape index (κ1) is 17.9. The van der Waals surface area contributed by atoms with Crippen LogP contribution in [0.5, 0.6) is 0 Å². The van der Waals surface area contributed by atoms with Crippen molar-refractivity contribution in [3.63, 3.8) is 0 Å². The Bertz CT molecular complexity index is 608. The molecule has 1 aromatic heterocycles. The number of nitrogens with zero attached hydrogens (tertiary/aromatic N) is 3. The molecule has 0 spiro atoms. The van der Waals surface area contributed by atoms with E-state index in [0.29, 0.717) is 24.8 Å². The van der Waals surface area contributed by atoms with E-state index in [9.17, 15) is 9.59 Å². The SMILES string of the molecule is CC(C)(C)OC(=O)N1CCC(O[C@H]2C[C@H](n3cnc(C=O)c3)C2)CC1. The van der Waals surface area contributed by atoms with Crippen LogP contribution < -0.4 is 0 Å². The van der Waals surface area contributed by atoms with Gasteiger partial charge in [-0.05, 0) is 46.5 Å². The number of rotatable bonds is 4. The maximum Gasteiger partial charge on any atom is 0.410 e. The average molecular weight is 349 g/mol. The van der Waals surface area contributed by atoms with Gasteiger partial charge in [0.05, 0.1) is 18.5 Å². The fourth-order valence-electron chi connectivity index (χ4n) is 3.28. The van der Waals surface area contributed by atoms with Gasteiger partial charge in [0.1, 0.15) is 11.3 Å². The van der Waals surface area contributed by atoms with Gasteiger partial charge in [-0.2, -0.15) is 0 Å². The molecule has 1 saturated heterocycles. The van der Waals surface area contributed by atoms with Gasteiger partial charge >= 0.3 is 6.09 Å². The van der Waals surface area contributed by atoms with Gasteiger partial charge in [-0.25, -0.2) is 9.78 Å². The van der Waals surface area contributed by atoms with Crippen molar-refractivity contribution in [3.8, 4) is 0 Å². The Hall–Kier alpha value is -1.89. The molecule has 1 aliphatic heterocycles. The molecular formula is C18H27N3O4. The summed E-state index contributed by atoms with van der Waals surface area (Å²) in [5, 5.41) is 0. The number of hydrogen-bond donors (Lipinski definition) is 0. The number of carbonyl (C=O) groups excluding carboxylic acids is 2. The van der Waals surface area contributed by atoms with E-state index in [1.165, 1.54) is 0 Å². The van der Waals surface area contributed by atoms with Gasteiger partial charge in [0, 0.05) is 25.3 Å². The minimum absolute atomic E-state index is 0.206. The highest BCUT2D eigenvalue weighted by atomic mass is 16.6. The zero-order valence-electron chi connectivity index (χ0n) is 15.2. The maximum atomic E-state index is 12.1. The van der Waals surface area contributed by atoms with Crippen LogP contribution in [0.25, 0.3) is 0 Å². The average Bonchev–Trinajstić information content (AvgIpc) is 2.98. The Morgan fingerprint density at radius 1 is 1.24 bits per heavy atom.